The third-order valence-corrected chi connectivity index (χ3v) is 5.68. The Morgan fingerprint density at radius 3 is 2.82 bits per heavy atom. The Morgan fingerprint density at radius 2 is 2.07 bits per heavy atom. The standard InChI is InChI=1S/C21H21FN2O3S/c22-15-7-9-16(10-8-15)27-13-11-20(25)24(14-17-4-3-12-26-17)21-23-18-5-1-2-6-19(18)28-21/h1-2,5-10,17H,3-4,11-14H2. The topological polar surface area (TPSA) is 51.7 Å². The van der Waals surface area contributed by atoms with Crippen LogP contribution in [0.4, 0.5) is 9.52 Å². The van der Waals surface area contributed by atoms with E-state index in [0.717, 1.165) is 29.7 Å². The zero-order chi connectivity index (χ0) is 19.3. The highest BCUT2D eigenvalue weighted by Crippen LogP contribution is 2.30. The van der Waals surface area contributed by atoms with Crippen molar-refractivity contribution in [3.05, 3.63) is 54.3 Å². The van der Waals surface area contributed by atoms with Gasteiger partial charge in [-0.05, 0) is 49.2 Å². The molecule has 1 aromatic heterocycles. The number of carbonyl (C=O) groups excluding carboxylic acids is 1. The van der Waals surface area contributed by atoms with Gasteiger partial charge < -0.3 is 9.47 Å². The van der Waals surface area contributed by atoms with Gasteiger partial charge in [-0.2, -0.15) is 0 Å². The molecule has 1 aliphatic rings. The van der Waals surface area contributed by atoms with E-state index < -0.39 is 0 Å². The van der Waals surface area contributed by atoms with Gasteiger partial charge in [0.1, 0.15) is 11.6 Å². The monoisotopic (exact) mass is 400 g/mol. The Hall–Kier alpha value is -2.51. The fourth-order valence-electron chi connectivity index (χ4n) is 3.18. The largest absolute Gasteiger partial charge is 0.493 e. The fraction of sp³-hybridized carbons (Fsp3) is 0.333. The van der Waals surface area contributed by atoms with Crippen molar-refractivity contribution in [2.45, 2.75) is 25.4 Å². The first-order valence-electron chi connectivity index (χ1n) is 9.35. The predicted molar refractivity (Wildman–Crippen MR) is 107 cm³/mol. The summed E-state index contributed by atoms with van der Waals surface area (Å²) >= 11 is 1.50. The Kier molecular flexibility index (Phi) is 5.83. The number of carbonyl (C=O) groups is 1. The molecule has 0 aliphatic carbocycles. The second-order valence-corrected chi connectivity index (χ2v) is 7.67. The van der Waals surface area contributed by atoms with Gasteiger partial charge in [0.05, 0.1) is 35.9 Å². The summed E-state index contributed by atoms with van der Waals surface area (Å²) in [6, 6.07) is 13.6. The molecule has 0 bridgehead atoms. The van der Waals surface area contributed by atoms with Crippen LogP contribution >= 0.6 is 11.3 Å². The molecule has 0 saturated carbocycles. The highest BCUT2D eigenvalue weighted by molar-refractivity contribution is 7.22. The minimum atomic E-state index is -0.318. The van der Waals surface area contributed by atoms with E-state index in [1.54, 1.807) is 17.0 Å². The molecule has 28 heavy (non-hydrogen) atoms. The van der Waals surface area contributed by atoms with Crippen molar-refractivity contribution in [1.29, 1.82) is 0 Å². The molecule has 0 radical (unpaired) electrons. The normalized spacial score (nSPS) is 16.4. The van der Waals surface area contributed by atoms with Crippen LogP contribution < -0.4 is 9.64 Å². The first kappa shape index (κ1) is 18.8. The summed E-state index contributed by atoms with van der Waals surface area (Å²) in [6.45, 7) is 1.45. The SMILES string of the molecule is O=C(CCOc1ccc(F)cc1)N(CC1CCCO1)c1nc2ccccc2s1. The molecule has 5 nitrogen and oxygen atoms in total. The van der Waals surface area contributed by atoms with Gasteiger partial charge in [-0.1, -0.05) is 23.5 Å². The van der Waals surface area contributed by atoms with Crippen LogP contribution in [0.1, 0.15) is 19.3 Å². The quantitative estimate of drug-likeness (QED) is 0.589. The van der Waals surface area contributed by atoms with Crippen LogP contribution in [0.25, 0.3) is 10.2 Å². The lowest BCUT2D eigenvalue weighted by Crippen LogP contribution is -2.38. The molecular weight excluding hydrogens is 379 g/mol. The van der Waals surface area contributed by atoms with E-state index in [1.807, 2.05) is 24.3 Å². The van der Waals surface area contributed by atoms with Crippen molar-refractivity contribution in [2.24, 2.45) is 0 Å². The van der Waals surface area contributed by atoms with Crippen LogP contribution in [0, 0.1) is 5.82 Å². The molecule has 0 spiro atoms. The van der Waals surface area contributed by atoms with E-state index in [0.29, 0.717) is 17.4 Å². The first-order chi connectivity index (χ1) is 13.7. The number of halogens is 1. The number of ether oxygens (including phenoxy) is 2. The van der Waals surface area contributed by atoms with Crippen molar-refractivity contribution in [1.82, 2.24) is 4.98 Å². The maximum Gasteiger partial charge on any atom is 0.232 e. The number of anilines is 1. The van der Waals surface area contributed by atoms with Crippen LogP contribution in [0.5, 0.6) is 5.75 Å². The molecule has 1 atom stereocenters. The predicted octanol–water partition coefficient (Wildman–Crippen LogP) is 4.42. The van der Waals surface area contributed by atoms with E-state index >= 15 is 0 Å². The molecule has 2 aromatic carbocycles. The number of aromatic nitrogens is 1. The zero-order valence-electron chi connectivity index (χ0n) is 15.3. The molecule has 7 heteroatoms. The van der Waals surface area contributed by atoms with Gasteiger partial charge in [-0.15, -0.1) is 0 Å². The van der Waals surface area contributed by atoms with Gasteiger partial charge in [0.2, 0.25) is 5.91 Å². The van der Waals surface area contributed by atoms with Gasteiger partial charge in [0.15, 0.2) is 5.13 Å². The van der Waals surface area contributed by atoms with Gasteiger partial charge in [0.25, 0.3) is 0 Å². The van der Waals surface area contributed by atoms with Crippen LogP contribution in [0.15, 0.2) is 48.5 Å². The lowest BCUT2D eigenvalue weighted by atomic mass is 10.2. The average molecular weight is 400 g/mol. The van der Waals surface area contributed by atoms with E-state index in [1.165, 1.54) is 23.5 Å². The maximum absolute atomic E-state index is 13.0. The number of benzene rings is 2. The third kappa shape index (κ3) is 4.48. The van der Waals surface area contributed by atoms with Crippen molar-refractivity contribution in [3.8, 4) is 5.75 Å². The van der Waals surface area contributed by atoms with Gasteiger partial charge in [-0.25, -0.2) is 9.37 Å². The first-order valence-corrected chi connectivity index (χ1v) is 10.2. The summed E-state index contributed by atoms with van der Waals surface area (Å²) in [6.07, 6.45) is 2.20. The third-order valence-electron chi connectivity index (χ3n) is 4.62. The molecule has 0 N–H and O–H groups in total. The van der Waals surface area contributed by atoms with E-state index in [2.05, 4.69) is 4.98 Å². The minimum absolute atomic E-state index is 0.0361. The Balaban J connectivity index is 1.45. The van der Waals surface area contributed by atoms with Crippen molar-refractivity contribution in [2.75, 3.05) is 24.7 Å². The highest BCUT2D eigenvalue weighted by atomic mass is 32.1. The lowest BCUT2D eigenvalue weighted by Gasteiger charge is -2.23. The summed E-state index contributed by atoms with van der Waals surface area (Å²) in [5.74, 6) is 0.165. The van der Waals surface area contributed by atoms with Crippen molar-refractivity contribution >= 4 is 32.6 Å². The van der Waals surface area contributed by atoms with Gasteiger partial charge in [-0.3, -0.25) is 9.69 Å². The number of para-hydroxylation sites is 1. The van der Waals surface area contributed by atoms with Crippen LogP contribution in [-0.2, 0) is 9.53 Å². The summed E-state index contributed by atoms with van der Waals surface area (Å²) in [7, 11) is 0. The van der Waals surface area contributed by atoms with Crippen LogP contribution in [-0.4, -0.2) is 36.8 Å². The molecule has 4 rings (SSSR count). The smallest absolute Gasteiger partial charge is 0.232 e. The average Bonchev–Trinajstić information content (AvgIpc) is 3.36. The zero-order valence-corrected chi connectivity index (χ0v) is 16.2. The number of hydrogen-bond donors (Lipinski definition) is 0. The molecular formula is C21H21FN2O3S. The molecule has 3 aromatic rings. The second kappa shape index (κ2) is 8.67. The number of hydrogen-bond acceptors (Lipinski definition) is 5. The summed E-state index contributed by atoms with van der Waals surface area (Å²) in [5.41, 5.74) is 0.884. The Morgan fingerprint density at radius 1 is 1.25 bits per heavy atom. The van der Waals surface area contributed by atoms with E-state index in [9.17, 15) is 9.18 Å². The number of amides is 1. The molecule has 1 fully saturated rings. The van der Waals surface area contributed by atoms with E-state index in [4.69, 9.17) is 9.47 Å². The number of fused-ring (bicyclic) bond motifs is 1. The van der Waals surface area contributed by atoms with Crippen LogP contribution in [0.3, 0.4) is 0 Å². The fourth-order valence-corrected chi connectivity index (χ4v) is 4.17. The second-order valence-electron chi connectivity index (χ2n) is 6.66. The van der Waals surface area contributed by atoms with Crippen molar-refractivity contribution in [3.63, 3.8) is 0 Å². The highest BCUT2D eigenvalue weighted by Gasteiger charge is 2.26. The number of rotatable bonds is 7. The molecule has 1 saturated heterocycles. The van der Waals surface area contributed by atoms with E-state index in [-0.39, 0.29) is 30.9 Å². The van der Waals surface area contributed by atoms with Gasteiger partial charge in [0, 0.05) is 6.61 Å². The molecule has 1 unspecified atom stereocenters. The number of thiazole rings is 1. The van der Waals surface area contributed by atoms with Gasteiger partial charge >= 0.3 is 0 Å². The lowest BCUT2D eigenvalue weighted by molar-refractivity contribution is -0.119. The molecule has 2 heterocycles. The molecule has 1 amide bonds. The Bertz CT molecular complexity index is 905. The maximum atomic E-state index is 13.0. The summed E-state index contributed by atoms with van der Waals surface area (Å²) in [4.78, 5) is 19.3. The number of nitrogens with zero attached hydrogens (tertiary/aromatic N) is 2. The summed E-state index contributed by atoms with van der Waals surface area (Å²) in [5, 5.41) is 0.684. The Labute approximate surface area is 166 Å². The molecule has 146 valence electrons. The minimum Gasteiger partial charge on any atom is -0.493 e. The molecule has 1 aliphatic heterocycles. The van der Waals surface area contributed by atoms with Crippen molar-refractivity contribution < 1.29 is 18.7 Å². The van der Waals surface area contributed by atoms with Crippen LogP contribution in [0.2, 0.25) is 0 Å². The summed E-state index contributed by atoms with van der Waals surface area (Å²) < 4.78 is 25.3.